The molecule has 7 nitrogen and oxygen atoms in total. The lowest BCUT2D eigenvalue weighted by Gasteiger charge is -2.17. The summed E-state index contributed by atoms with van der Waals surface area (Å²) in [4.78, 5) is 21.9. The first-order chi connectivity index (χ1) is 9.66. The van der Waals surface area contributed by atoms with Gasteiger partial charge in [0.1, 0.15) is 0 Å². The summed E-state index contributed by atoms with van der Waals surface area (Å²) in [6.45, 7) is 5.82. The van der Waals surface area contributed by atoms with Gasteiger partial charge in [-0.2, -0.15) is 0 Å². The average Bonchev–Trinajstić information content (AvgIpc) is 2.33. The number of esters is 1. The smallest absolute Gasteiger partial charge is 0.306 e. The first kappa shape index (κ1) is 19.9. The van der Waals surface area contributed by atoms with Gasteiger partial charge in [-0.05, 0) is 25.2 Å². The molecular weight excluding hydrogens is 298 g/mol. The van der Waals surface area contributed by atoms with Crippen molar-refractivity contribution < 1.29 is 27.9 Å². The van der Waals surface area contributed by atoms with E-state index >= 15 is 0 Å². The van der Waals surface area contributed by atoms with Crippen molar-refractivity contribution in [3.05, 3.63) is 0 Å². The minimum atomic E-state index is -3.61. The first-order valence-electron chi connectivity index (χ1n) is 7.01. The van der Waals surface area contributed by atoms with Crippen molar-refractivity contribution in [1.29, 1.82) is 0 Å². The number of carboxylic acid groups (broad SMARTS) is 1. The summed E-state index contributed by atoms with van der Waals surface area (Å²) >= 11 is 0. The molecule has 0 spiro atoms. The number of hydrogen-bond donors (Lipinski definition) is 2. The molecule has 0 aromatic heterocycles. The Hall–Kier alpha value is -1.15. The van der Waals surface area contributed by atoms with E-state index in [9.17, 15) is 18.0 Å². The Morgan fingerprint density at radius 1 is 1.29 bits per heavy atom. The SMILES string of the molecule is CCOC(=O)CCS(=O)(=O)NCC(CC(=O)O)CC(C)C. The fraction of sp³-hybridized carbons (Fsp3) is 0.846. The molecule has 1 atom stereocenters. The van der Waals surface area contributed by atoms with E-state index in [0.717, 1.165) is 0 Å². The maximum absolute atomic E-state index is 11.7. The number of ether oxygens (including phenoxy) is 1. The van der Waals surface area contributed by atoms with Gasteiger partial charge in [-0.1, -0.05) is 13.8 Å². The molecule has 0 fully saturated rings. The van der Waals surface area contributed by atoms with Crippen LogP contribution in [0.25, 0.3) is 0 Å². The minimum Gasteiger partial charge on any atom is -0.481 e. The zero-order chi connectivity index (χ0) is 16.5. The number of carbonyl (C=O) groups is 2. The van der Waals surface area contributed by atoms with E-state index in [2.05, 4.69) is 9.46 Å². The van der Waals surface area contributed by atoms with Crippen molar-refractivity contribution in [2.75, 3.05) is 18.9 Å². The molecule has 0 heterocycles. The van der Waals surface area contributed by atoms with Crippen LogP contribution in [-0.2, 0) is 24.3 Å². The van der Waals surface area contributed by atoms with Gasteiger partial charge < -0.3 is 9.84 Å². The van der Waals surface area contributed by atoms with Crippen LogP contribution in [0.15, 0.2) is 0 Å². The normalized spacial score (nSPS) is 13.1. The number of rotatable bonds is 11. The molecule has 0 aliphatic rings. The fourth-order valence-electron chi connectivity index (χ4n) is 1.92. The second-order valence-electron chi connectivity index (χ2n) is 5.32. The minimum absolute atomic E-state index is 0.0651. The lowest BCUT2D eigenvalue weighted by molar-refractivity contribution is -0.142. The summed E-state index contributed by atoms with van der Waals surface area (Å²) < 4.78 is 30.5. The Kier molecular flexibility index (Phi) is 9.19. The number of hydrogen-bond acceptors (Lipinski definition) is 5. The number of carbonyl (C=O) groups excluding carboxylic acids is 1. The van der Waals surface area contributed by atoms with E-state index in [1.54, 1.807) is 6.92 Å². The third-order valence-electron chi connectivity index (χ3n) is 2.74. The largest absolute Gasteiger partial charge is 0.481 e. The van der Waals surface area contributed by atoms with E-state index < -0.39 is 22.0 Å². The van der Waals surface area contributed by atoms with Crippen LogP contribution >= 0.6 is 0 Å². The molecule has 0 aliphatic carbocycles. The summed E-state index contributed by atoms with van der Waals surface area (Å²) in [6, 6.07) is 0. The van der Waals surface area contributed by atoms with Crippen LogP contribution in [-0.4, -0.2) is 44.4 Å². The maximum Gasteiger partial charge on any atom is 0.306 e. The Labute approximate surface area is 126 Å². The number of carboxylic acids is 1. The van der Waals surface area contributed by atoms with Crippen LogP contribution in [0.2, 0.25) is 0 Å². The van der Waals surface area contributed by atoms with Gasteiger partial charge in [0, 0.05) is 13.0 Å². The third-order valence-corrected chi connectivity index (χ3v) is 4.09. The van der Waals surface area contributed by atoms with Crippen LogP contribution in [0.5, 0.6) is 0 Å². The van der Waals surface area contributed by atoms with Crippen molar-refractivity contribution >= 4 is 22.0 Å². The molecule has 0 amide bonds. The van der Waals surface area contributed by atoms with E-state index in [0.29, 0.717) is 6.42 Å². The monoisotopic (exact) mass is 323 g/mol. The third kappa shape index (κ3) is 11.2. The van der Waals surface area contributed by atoms with E-state index in [-0.39, 0.29) is 43.6 Å². The van der Waals surface area contributed by atoms with Crippen LogP contribution in [0.3, 0.4) is 0 Å². The summed E-state index contributed by atoms with van der Waals surface area (Å²) in [7, 11) is -3.61. The van der Waals surface area contributed by atoms with Gasteiger partial charge in [-0.15, -0.1) is 0 Å². The van der Waals surface area contributed by atoms with Crippen LogP contribution in [0.1, 0.15) is 40.0 Å². The van der Waals surface area contributed by atoms with Gasteiger partial charge in [-0.25, -0.2) is 13.1 Å². The van der Waals surface area contributed by atoms with Gasteiger partial charge >= 0.3 is 11.9 Å². The van der Waals surface area contributed by atoms with Crippen LogP contribution in [0.4, 0.5) is 0 Å². The van der Waals surface area contributed by atoms with Crippen LogP contribution in [0, 0.1) is 11.8 Å². The number of nitrogens with one attached hydrogen (secondary N) is 1. The highest BCUT2D eigenvalue weighted by molar-refractivity contribution is 7.89. The zero-order valence-electron chi connectivity index (χ0n) is 12.8. The lowest BCUT2D eigenvalue weighted by Crippen LogP contribution is -2.33. The van der Waals surface area contributed by atoms with Gasteiger partial charge in [0.2, 0.25) is 10.0 Å². The van der Waals surface area contributed by atoms with Crippen molar-refractivity contribution in [1.82, 2.24) is 4.72 Å². The van der Waals surface area contributed by atoms with Crippen LogP contribution < -0.4 is 4.72 Å². The first-order valence-corrected chi connectivity index (χ1v) is 8.66. The Morgan fingerprint density at radius 2 is 1.90 bits per heavy atom. The molecule has 2 N–H and O–H groups in total. The molecule has 0 bridgehead atoms. The van der Waals surface area contributed by atoms with Gasteiger partial charge in [0.15, 0.2) is 0 Å². The molecule has 0 aliphatic heterocycles. The molecule has 8 heteroatoms. The zero-order valence-corrected chi connectivity index (χ0v) is 13.6. The predicted octanol–water partition coefficient (Wildman–Crippen LogP) is 0.996. The van der Waals surface area contributed by atoms with E-state index in [4.69, 9.17) is 5.11 Å². The van der Waals surface area contributed by atoms with Crippen molar-refractivity contribution in [2.45, 2.75) is 40.0 Å². The lowest BCUT2D eigenvalue weighted by atomic mass is 9.94. The molecule has 1 unspecified atom stereocenters. The molecule has 0 rings (SSSR count). The van der Waals surface area contributed by atoms with Crippen molar-refractivity contribution in [3.8, 4) is 0 Å². The van der Waals surface area contributed by atoms with E-state index in [1.807, 2.05) is 13.8 Å². The Balaban J connectivity index is 4.34. The summed E-state index contributed by atoms with van der Waals surface area (Å²) in [5, 5.41) is 8.82. The van der Waals surface area contributed by atoms with Crippen molar-refractivity contribution in [2.24, 2.45) is 11.8 Å². The Morgan fingerprint density at radius 3 is 2.38 bits per heavy atom. The molecule has 0 aromatic carbocycles. The summed E-state index contributed by atoms with van der Waals surface area (Å²) in [5.74, 6) is -1.86. The highest BCUT2D eigenvalue weighted by atomic mass is 32.2. The molecule has 0 saturated heterocycles. The summed E-state index contributed by atoms with van der Waals surface area (Å²) in [5.41, 5.74) is 0. The quantitative estimate of drug-likeness (QED) is 0.549. The standard InChI is InChI=1S/C13H25NO6S/c1-4-20-13(17)5-6-21(18,19)14-9-11(7-10(2)3)8-12(15)16/h10-11,14H,4-9H2,1-3H3,(H,15,16). The Bertz CT molecular complexity index is 432. The summed E-state index contributed by atoms with van der Waals surface area (Å²) in [6.07, 6.45) is 0.322. The average molecular weight is 323 g/mol. The molecule has 21 heavy (non-hydrogen) atoms. The van der Waals surface area contributed by atoms with Gasteiger partial charge in [0.05, 0.1) is 18.8 Å². The number of aliphatic carboxylic acids is 1. The maximum atomic E-state index is 11.7. The van der Waals surface area contributed by atoms with E-state index in [1.165, 1.54) is 0 Å². The van der Waals surface area contributed by atoms with Crippen molar-refractivity contribution in [3.63, 3.8) is 0 Å². The second kappa shape index (κ2) is 9.73. The molecule has 0 saturated carbocycles. The highest BCUT2D eigenvalue weighted by Gasteiger charge is 2.19. The molecule has 0 aromatic rings. The van der Waals surface area contributed by atoms with Gasteiger partial charge in [0.25, 0.3) is 0 Å². The predicted molar refractivity (Wildman–Crippen MR) is 78.2 cm³/mol. The number of sulfonamides is 1. The van der Waals surface area contributed by atoms with Gasteiger partial charge in [-0.3, -0.25) is 9.59 Å². The molecular formula is C13H25NO6S. The highest BCUT2D eigenvalue weighted by Crippen LogP contribution is 2.15. The fourth-order valence-corrected chi connectivity index (χ4v) is 2.99. The molecule has 124 valence electrons. The topological polar surface area (TPSA) is 110 Å². The second-order valence-corrected chi connectivity index (χ2v) is 7.24. The molecule has 0 radical (unpaired) electrons.